The van der Waals surface area contributed by atoms with E-state index in [2.05, 4.69) is 15.5 Å². The van der Waals surface area contributed by atoms with Crippen molar-refractivity contribution in [2.24, 2.45) is 0 Å². The molecule has 144 valence electrons. The molecule has 2 rings (SSSR count). The molecule has 7 heteroatoms. The Labute approximate surface area is 155 Å². The van der Waals surface area contributed by atoms with E-state index in [4.69, 9.17) is 4.74 Å². The van der Waals surface area contributed by atoms with Gasteiger partial charge in [0, 0.05) is 30.5 Å². The minimum absolute atomic E-state index is 0.0861. The molecular formula is C19H30N4O3. The third kappa shape index (κ3) is 6.00. The van der Waals surface area contributed by atoms with Gasteiger partial charge in [0.1, 0.15) is 0 Å². The topological polar surface area (TPSA) is 73.9 Å². The van der Waals surface area contributed by atoms with Gasteiger partial charge in [0.25, 0.3) is 0 Å². The molecule has 1 aromatic carbocycles. The maximum Gasteiger partial charge on any atom is 0.241 e. The van der Waals surface area contributed by atoms with Crippen LogP contribution in [0.4, 0.5) is 11.4 Å². The number of amides is 2. The van der Waals surface area contributed by atoms with Gasteiger partial charge >= 0.3 is 0 Å². The summed E-state index contributed by atoms with van der Waals surface area (Å²) in [6, 6.07) is 7.50. The van der Waals surface area contributed by atoms with Crippen LogP contribution in [0.25, 0.3) is 0 Å². The van der Waals surface area contributed by atoms with Crippen molar-refractivity contribution >= 4 is 23.2 Å². The average molecular weight is 362 g/mol. The highest BCUT2D eigenvalue weighted by molar-refractivity contribution is 5.95. The van der Waals surface area contributed by atoms with Gasteiger partial charge in [-0.2, -0.15) is 0 Å². The highest BCUT2D eigenvalue weighted by Crippen LogP contribution is 2.19. The number of benzene rings is 1. The number of nitrogens with one attached hydrogen (secondary N) is 2. The van der Waals surface area contributed by atoms with Gasteiger partial charge < -0.3 is 20.3 Å². The molecule has 0 radical (unpaired) electrons. The van der Waals surface area contributed by atoms with Crippen LogP contribution < -0.4 is 15.5 Å². The number of morpholine rings is 1. The van der Waals surface area contributed by atoms with Gasteiger partial charge in [0.15, 0.2) is 0 Å². The zero-order valence-electron chi connectivity index (χ0n) is 16.1. The normalized spacial score (nSPS) is 15.8. The number of nitrogens with zero attached hydrogens (tertiary/aromatic N) is 2. The summed E-state index contributed by atoms with van der Waals surface area (Å²) in [6.45, 7) is 9.05. The molecule has 0 saturated carbocycles. The van der Waals surface area contributed by atoms with Crippen LogP contribution in [-0.4, -0.2) is 68.7 Å². The molecule has 1 heterocycles. The number of rotatable bonds is 7. The predicted octanol–water partition coefficient (Wildman–Crippen LogP) is 1.31. The first-order valence-electron chi connectivity index (χ1n) is 9.10. The Bertz CT molecular complexity index is 597. The summed E-state index contributed by atoms with van der Waals surface area (Å²) in [4.78, 5) is 28.3. The lowest BCUT2D eigenvalue weighted by Gasteiger charge is -2.29. The number of carbonyl (C=O) groups is 2. The maximum atomic E-state index is 12.4. The van der Waals surface area contributed by atoms with Crippen LogP contribution in [0, 0.1) is 0 Å². The third-order valence-electron chi connectivity index (χ3n) is 4.39. The zero-order chi connectivity index (χ0) is 19.1. The lowest BCUT2D eigenvalue weighted by atomic mass is 10.2. The van der Waals surface area contributed by atoms with Crippen molar-refractivity contribution in [1.82, 2.24) is 10.2 Å². The molecule has 1 aliphatic heterocycles. The van der Waals surface area contributed by atoms with Crippen LogP contribution in [0.2, 0.25) is 0 Å². The van der Waals surface area contributed by atoms with E-state index in [1.807, 2.05) is 38.1 Å². The van der Waals surface area contributed by atoms with E-state index >= 15 is 0 Å². The number of anilines is 2. The number of hydrogen-bond acceptors (Lipinski definition) is 5. The van der Waals surface area contributed by atoms with Crippen LogP contribution in [0.3, 0.4) is 0 Å². The number of carbonyl (C=O) groups excluding carboxylic acids is 2. The third-order valence-corrected chi connectivity index (χ3v) is 4.39. The summed E-state index contributed by atoms with van der Waals surface area (Å²) < 4.78 is 5.36. The SMILES string of the molecule is CC(C)NC(=O)CN(C)[C@@H](C)C(=O)Nc1ccc(N2CCOCC2)cc1. The van der Waals surface area contributed by atoms with Crippen molar-refractivity contribution in [2.75, 3.05) is 50.1 Å². The largest absolute Gasteiger partial charge is 0.378 e. The lowest BCUT2D eigenvalue weighted by molar-refractivity contribution is -0.125. The molecule has 0 unspecified atom stereocenters. The molecule has 1 aliphatic rings. The fraction of sp³-hybridized carbons (Fsp3) is 0.579. The van der Waals surface area contributed by atoms with Gasteiger partial charge in [-0.1, -0.05) is 0 Å². The van der Waals surface area contributed by atoms with E-state index in [9.17, 15) is 9.59 Å². The van der Waals surface area contributed by atoms with Crippen molar-refractivity contribution < 1.29 is 14.3 Å². The summed E-state index contributed by atoms with van der Waals surface area (Å²) in [6.07, 6.45) is 0. The highest BCUT2D eigenvalue weighted by Gasteiger charge is 2.20. The fourth-order valence-corrected chi connectivity index (χ4v) is 2.76. The minimum Gasteiger partial charge on any atom is -0.378 e. The van der Waals surface area contributed by atoms with E-state index in [0.29, 0.717) is 0 Å². The Morgan fingerprint density at radius 3 is 2.35 bits per heavy atom. The summed E-state index contributed by atoms with van der Waals surface area (Å²) in [5, 5.41) is 5.74. The van der Waals surface area contributed by atoms with Gasteiger partial charge in [-0.15, -0.1) is 0 Å². The molecule has 7 nitrogen and oxygen atoms in total. The van der Waals surface area contributed by atoms with Gasteiger partial charge in [-0.3, -0.25) is 14.5 Å². The molecule has 1 fully saturated rings. The van der Waals surface area contributed by atoms with Crippen LogP contribution >= 0.6 is 0 Å². The van der Waals surface area contributed by atoms with Crippen molar-refractivity contribution in [3.05, 3.63) is 24.3 Å². The molecule has 0 aromatic heterocycles. The molecule has 0 aliphatic carbocycles. The van der Waals surface area contributed by atoms with E-state index in [1.165, 1.54) is 0 Å². The van der Waals surface area contributed by atoms with E-state index in [1.54, 1.807) is 18.9 Å². The molecule has 1 aromatic rings. The molecule has 2 N–H and O–H groups in total. The molecular weight excluding hydrogens is 332 g/mol. The lowest BCUT2D eigenvalue weighted by Crippen LogP contribution is -2.45. The Kier molecular flexibility index (Phi) is 7.41. The van der Waals surface area contributed by atoms with E-state index < -0.39 is 6.04 Å². The Hall–Kier alpha value is -2.12. The van der Waals surface area contributed by atoms with Crippen LogP contribution in [0.1, 0.15) is 20.8 Å². The van der Waals surface area contributed by atoms with Gasteiger partial charge in [-0.05, 0) is 52.1 Å². The number of hydrogen-bond donors (Lipinski definition) is 2. The Balaban J connectivity index is 1.86. The second-order valence-corrected chi connectivity index (χ2v) is 6.95. The minimum atomic E-state index is -0.410. The Morgan fingerprint density at radius 1 is 1.15 bits per heavy atom. The fourth-order valence-electron chi connectivity index (χ4n) is 2.76. The first-order chi connectivity index (χ1) is 12.4. The predicted molar refractivity (Wildman–Crippen MR) is 103 cm³/mol. The number of ether oxygens (including phenoxy) is 1. The Morgan fingerprint density at radius 2 is 1.77 bits per heavy atom. The van der Waals surface area contributed by atoms with E-state index in [0.717, 1.165) is 37.7 Å². The quantitative estimate of drug-likeness (QED) is 0.765. The smallest absolute Gasteiger partial charge is 0.241 e. The van der Waals surface area contributed by atoms with Gasteiger partial charge in [-0.25, -0.2) is 0 Å². The van der Waals surface area contributed by atoms with Crippen LogP contribution in [0.5, 0.6) is 0 Å². The summed E-state index contributed by atoms with van der Waals surface area (Å²) in [5.41, 5.74) is 1.88. The van der Waals surface area contributed by atoms with Crippen molar-refractivity contribution in [3.63, 3.8) is 0 Å². The summed E-state index contributed by atoms with van der Waals surface area (Å²) in [7, 11) is 1.77. The van der Waals surface area contributed by atoms with Gasteiger partial charge in [0.05, 0.1) is 25.8 Å². The number of likely N-dealkylation sites (N-methyl/N-ethyl adjacent to an activating group) is 1. The van der Waals surface area contributed by atoms with Crippen molar-refractivity contribution in [3.8, 4) is 0 Å². The monoisotopic (exact) mass is 362 g/mol. The molecule has 2 amide bonds. The molecule has 0 bridgehead atoms. The van der Waals surface area contributed by atoms with E-state index in [-0.39, 0.29) is 24.4 Å². The second kappa shape index (κ2) is 9.54. The first-order valence-corrected chi connectivity index (χ1v) is 9.10. The summed E-state index contributed by atoms with van der Waals surface area (Å²) >= 11 is 0. The van der Waals surface area contributed by atoms with Crippen molar-refractivity contribution in [2.45, 2.75) is 32.9 Å². The first kappa shape index (κ1) is 20.2. The van der Waals surface area contributed by atoms with Gasteiger partial charge in [0.2, 0.25) is 11.8 Å². The van der Waals surface area contributed by atoms with Crippen molar-refractivity contribution in [1.29, 1.82) is 0 Å². The standard InChI is InChI=1S/C19H30N4O3/c1-14(2)20-18(24)13-22(4)15(3)19(25)21-16-5-7-17(8-6-16)23-9-11-26-12-10-23/h5-8,14-15H,9-13H2,1-4H3,(H,20,24)(H,21,25)/t15-/m0/s1. The average Bonchev–Trinajstić information content (AvgIpc) is 2.61. The summed E-state index contributed by atoms with van der Waals surface area (Å²) in [5.74, 6) is -0.221. The molecule has 1 atom stereocenters. The highest BCUT2D eigenvalue weighted by atomic mass is 16.5. The molecule has 0 spiro atoms. The molecule has 26 heavy (non-hydrogen) atoms. The second-order valence-electron chi connectivity index (χ2n) is 6.95. The zero-order valence-corrected chi connectivity index (χ0v) is 16.1. The van der Waals surface area contributed by atoms with Crippen LogP contribution in [0.15, 0.2) is 24.3 Å². The molecule has 1 saturated heterocycles. The van der Waals surface area contributed by atoms with Crippen LogP contribution in [-0.2, 0) is 14.3 Å². The maximum absolute atomic E-state index is 12.4.